The predicted octanol–water partition coefficient (Wildman–Crippen LogP) is 4.20. The highest BCUT2D eigenvalue weighted by Gasteiger charge is 2.79. The number of nitrogens with zero attached hydrogens (tertiary/aromatic N) is 2. The Morgan fingerprint density at radius 1 is 1.15 bits per heavy atom. The lowest BCUT2D eigenvalue weighted by atomic mass is 9.37. The van der Waals surface area contributed by atoms with Crippen LogP contribution in [0.1, 0.15) is 48.8 Å². The number of hydrogen-bond donors (Lipinski definition) is 1. The van der Waals surface area contributed by atoms with Crippen LogP contribution in [0, 0.1) is 11.3 Å². The van der Waals surface area contributed by atoms with Crippen LogP contribution in [0.2, 0.25) is 0 Å². The summed E-state index contributed by atoms with van der Waals surface area (Å²) in [5.74, 6) is 2.58. The Balaban J connectivity index is 1.29. The van der Waals surface area contributed by atoms with Gasteiger partial charge in [-0.3, -0.25) is 9.69 Å². The minimum Gasteiger partial charge on any atom is -0.508 e. The second-order valence-corrected chi connectivity index (χ2v) is 13.0. The molecule has 7 aliphatic rings. The highest BCUT2D eigenvalue weighted by molar-refractivity contribution is 5.97. The van der Waals surface area contributed by atoms with E-state index in [1.54, 1.807) is 31.3 Å². The molecule has 7 heteroatoms. The number of ether oxygens (including phenoxy) is 3. The number of rotatable bonds is 7. The van der Waals surface area contributed by atoms with Crippen molar-refractivity contribution in [1.82, 2.24) is 9.80 Å². The summed E-state index contributed by atoms with van der Waals surface area (Å²) in [6.45, 7) is 2.51. The van der Waals surface area contributed by atoms with Crippen LogP contribution in [-0.4, -0.2) is 72.9 Å². The smallest absolute Gasteiger partial charge is 0.252 e. The zero-order valence-corrected chi connectivity index (χ0v) is 23.6. The number of phenolic OH excluding ortho intramolecular Hbond substituents is 1. The van der Waals surface area contributed by atoms with Gasteiger partial charge in [-0.1, -0.05) is 30.3 Å². The van der Waals surface area contributed by atoms with Crippen LogP contribution < -0.4 is 9.47 Å². The Kier molecular flexibility index (Phi) is 5.11. The van der Waals surface area contributed by atoms with E-state index in [1.165, 1.54) is 24.0 Å². The fraction of sp³-hybridized carbons (Fsp3) is 0.545. The number of likely N-dealkylation sites (tertiary alicyclic amines) is 1. The molecule has 1 saturated heterocycles. The van der Waals surface area contributed by atoms with Crippen LogP contribution in [0.5, 0.6) is 17.2 Å². The van der Waals surface area contributed by atoms with Gasteiger partial charge < -0.3 is 24.2 Å². The minimum absolute atomic E-state index is 0.0526. The first-order valence-corrected chi connectivity index (χ1v) is 14.8. The molecule has 5 atom stereocenters. The fourth-order valence-corrected chi connectivity index (χ4v) is 9.42. The van der Waals surface area contributed by atoms with Crippen LogP contribution in [0.25, 0.3) is 0 Å². The van der Waals surface area contributed by atoms with Crippen molar-refractivity contribution in [3.8, 4) is 17.2 Å². The Bertz CT molecular complexity index is 1450. The standard InChI is InChI=1S/C33H38N2O5/c1-34(19-22-6-4-5-7-24(22)36)29(37)23-17-31-12-13-33(23,39-3)30-32(31)14-15-35(18-20-8-9-20)26(31)16-21-10-11-25(38-2)28(40-30)27(21)32/h4-7,10-11,17,20,26,30,36H,8-9,12-16,18-19H2,1-3H3/t26-,30-,31-,32+,33-/m1/s1. The number of hydrogen-bond acceptors (Lipinski definition) is 6. The number of aromatic hydroxyl groups is 1. The summed E-state index contributed by atoms with van der Waals surface area (Å²) in [6.07, 6.45) is 8.39. The summed E-state index contributed by atoms with van der Waals surface area (Å²) in [5, 5.41) is 10.4. The van der Waals surface area contributed by atoms with Crippen molar-refractivity contribution in [2.45, 2.75) is 68.2 Å². The molecule has 2 spiro atoms. The van der Waals surface area contributed by atoms with Crippen molar-refractivity contribution in [3.63, 3.8) is 0 Å². The number of piperidine rings is 1. The highest BCUT2D eigenvalue weighted by atomic mass is 16.6. The second-order valence-electron chi connectivity index (χ2n) is 13.0. The first-order chi connectivity index (χ1) is 19.4. The molecule has 0 aromatic heterocycles. The molecule has 5 aliphatic carbocycles. The number of fused-ring (bicyclic) bond motifs is 1. The lowest BCUT2D eigenvalue weighted by molar-refractivity contribution is -0.198. The molecule has 1 N–H and O–H groups in total. The molecular weight excluding hydrogens is 504 g/mol. The molecular formula is C33H38N2O5. The van der Waals surface area contributed by atoms with Crippen molar-refractivity contribution in [1.29, 1.82) is 0 Å². The van der Waals surface area contributed by atoms with Gasteiger partial charge in [-0.15, -0.1) is 0 Å². The van der Waals surface area contributed by atoms with Gasteiger partial charge in [0, 0.05) is 55.4 Å². The molecule has 2 aromatic rings. The first-order valence-electron chi connectivity index (χ1n) is 14.8. The Hall–Kier alpha value is -3.03. The van der Waals surface area contributed by atoms with Crippen molar-refractivity contribution in [2.24, 2.45) is 11.3 Å². The number of carbonyl (C=O) groups excluding carboxylic acids is 1. The zero-order chi connectivity index (χ0) is 27.4. The maximum atomic E-state index is 14.4. The van der Waals surface area contributed by atoms with Gasteiger partial charge in [0.1, 0.15) is 17.5 Å². The normalized spacial score (nSPS) is 34.6. The van der Waals surface area contributed by atoms with Gasteiger partial charge in [0.05, 0.1) is 12.5 Å². The van der Waals surface area contributed by atoms with Crippen LogP contribution in [0.3, 0.4) is 0 Å². The lowest BCUT2D eigenvalue weighted by Crippen LogP contribution is -2.78. The summed E-state index contributed by atoms with van der Waals surface area (Å²) in [4.78, 5) is 18.9. The van der Waals surface area contributed by atoms with Crippen LogP contribution in [0.15, 0.2) is 48.0 Å². The topological polar surface area (TPSA) is 71.5 Å². The van der Waals surface area contributed by atoms with Crippen molar-refractivity contribution in [3.05, 3.63) is 64.7 Å². The summed E-state index contributed by atoms with van der Waals surface area (Å²) < 4.78 is 19.4. The van der Waals surface area contributed by atoms with E-state index in [0.717, 1.165) is 61.8 Å². The van der Waals surface area contributed by atoms with Crippen molar-refractivity contribution >= 4 is 5.91 Å². The van der Waals surface area contributed by atoms with E-state index in [0.29, 0.717) is 18.2 Å². The molecule has 9 rings (SSSR count). The van der Waals surface area contributed by atoms with E-state index in [4.69, 9.17) is 14.2 Å². The average molecular weight is 543 g/mol. The summed E-state index contributed by atoms with van der Waals surface area (Å²) in [6, 6.07) is 11.9. The third-order valence-corrected chi connectivity index (χ3v) is 11.4. The molecule has 2 heterocycles. The molecule has 4 bridgehead atoms. The molecule has 0 radical (unpaired) electrons. The number of carbonyl (C=O) groups is 1. The summed E-state index contributed by atoms with van der Waals surface area (Å²) in [5.41, 5.74) is 2.81. The van der Waals surface area contributed by atoms with E-state index in [9.17, 15) is 9.90 Å². The molecule has 2 aromatic carbocycles. The summed E-state index contributed by atoms with van der Waals surface area (Å²) in [7, 11) is 5.27. The van der Waals surface area contributed by atoms with Crippen LogP contribution in [-0.2, 0) is 27.9 Å². The number of amides is 1. The largest absolute Gasteiger partial charge is 0.508 e. The van der Waals surface area contributed by atoms with E-state index < -0.39 is 5.60 Å². The third kappa shape index (κ3) is 2.90. The first kappa shape index (κ1) is 24.7. The van der Waals surface area contributed by atoms with Crippen LogP contribution >= 0.6 is 0 Å². The Morgan fingerprint density at radius 2 is 1.98 bits per heavy atom. The molecule has 40 heavy (non-hydrogen) atoms. The van der Waals surface area contributed by atoms with Crippen molar-refractivity contribution in [2.75, 3.05) is 34.4 Å². The third-order valence-electron chi connectivity index (χ3n) is 11.4. The van der Waals surface area contributed by atoms with Gasteiger partial charge in [-0.2, -0.15) is 0 Å². The average Bonchev–Trinajstić information content (AvgIpc) is 3.71. The quantitative estimate of drug-likeness (QED) is 0.566. The maximum absolute atomic E-state index is 14.4. The van der Waals surface area contributed by atoms with Crippen LogP contribution in [0.4, 0.5) is 0 Å². The molecule has 1 amide bonds. The number of phenols is 1. The molecule has 210 valence electrons. The molecule has 7 nitrogen and oxygen atoms in total. The number of methoxy groups -OCH3 is 2. The molecule has 2 saturated carbocycles. The van der Waals surface area contributed by atoms with E-state index >= 15 is 0 Å². The van der Waals surface area contributed by atoms with Gasteiger partial charge in [-0.05, 0) is 68.7 Å². The predicted molar refractivity (Wildman–Crippen MR) is 150 cm³/mol. The molecule has 2 aliphatic heterocycles. The van der Waals surface area contributed by atoms with Crippen molar-refractivity contribution < 1.29 is 24.1 Å². The Morgan fingerprint density at radius 3 is 2.73 bits per heavy atom. The van der Waals surface area contributed by atoms with Gasteiger partial charge in [-0.25, -0.2) is 0 Å². The fourth-order valence-electron chi connectivity index (χ4n) is 9.42. The van der Waals surface area contributed by atoms with Gasteiger partial charge >= 0.3 is 0 Å². The van der Waals surface area contributed by atoms with E-state index in [2.05, 4.69) is 23.1 Å². The molecule has 0 unspecified atom stereocenters. The molecule has 3 fully saturated rings. The highest BCUT2D eigenvalue weighted by Crippen LogP contribution is 2.75. The van der Waals surface area contributed by atoms with E-state index in [-0.39, 0.29) is 28.6 Å². The minimum atomic E-state index is -0.853. The Labute approximate surface area is 235 Å². The number of para-hydroxylation sites is 1. The van der Waals surface area contributed by atoms with Gasteiger partial charge in [0.15, 0.2) is 11.5 Å². The lowest BCUT2D eigenvalue weighted by Gasteiger charge is -2.70. The maximum Gasteiger partial charge on any atom is 0.252 e. The zero-order valence-electron chi connectivity index (χ0n) is 23.6. The van der Waals surface area contributed by atoms with Gasteiger partial charge in [0.25, 0.3) is 5.91 Å². The number of likely N-dealkylation sites (N-methyl/N-ethyl adjacent to an activating group) is 1. The SMILES string of the molecule is COc1ccc2c3c1O[C@@H]1[C@]34CCN(CC3CC3)[C@H](C2)[C@@]42C=C(C(=O)N(C)Cc3ccccc3O)[C@]1(OC)CC2. The second kappa shape index (κ2) is 8.26. The van der Waals surface area contributed by atoms with Gasteiger partial charge in [0.2, 0.25) is 0 Å². The summed E-state index contributed by atoms with van der Waals surface area (Å²) >= 11 is 0. The monoisotopic (exact) mass is 542 g/mol. The number of benzene rings is 2. The van der Waals surface area contributed by atoms with E-state index in [1.807, 2.05) is 19.2 Å².